The molecule has 1 unspecified atom stereocenters. The Labute approximate surface area is 161 Å². The summed E-state index contributed by atoms with van der Waals surface area (Å²) >= 11 is 3.42. The summed E-state index contributed by atoms with van der Waals surface area (Å²) in [6.07, 6.45) is -0.485. The van der Waals surface area contributed by atoms with Crippen LogP contribution in [0.15, 0.2) is 28.7 Å². The second kappa shape index (κ2) is 8.37. The van der Waals surface area contributed by atoms with E-state index in [0.717, 1.165) is 10.0 Å². The van der Waals surface area contributed by atoms with Gasteiger partial charge in [-0.3, -0.25) is 0 Å². The molecule has 144 valence electrons. The van der Waals surface area contributed by atoms with Gasteiger partial charge in [0.25, 0.3) is 0 Å². The molecule has 0 saturated carbocycles. The Morgan fingerprint density at radius 2 is 2.12 bits per heavy atom. The van der Waals surface area contributed by atoms with Gasteiger partial charge in [-0.2, -0.15) is 0 Å². The first-order valence-electron chi connectivity index (χ1n) is 8.29. The van der Waals surface area contributed by atoms with Crippen LogP contribution in [0.1, 0.15) is 26.3 Å². The normalized spacial score (nSPS) is 21.2. The zero-order valence-electron chi connectivity index (χ0n) is 15.2. The number of carbonyl (C=O) groups is 2. The number of aliphatic carboxylic acids is 1. The molecule has 1 N–H and O–H groups in total. The summed E-state index contributed by atoms with van der Waals surface area (Å²) in [4.78, 5) is 25.1. The molecule has 1 aliphatic rings. The Morgan fingerprint density at radius 1 is 1.38 bits per heavy atom. The lowest BCUT2D eigenvalue weighted by Crippen LogP contribution is -2.48. The zero-order chi connectivity index (χ0) is 19.4. The van der Waals surface area contributed by atoms with Crippen molar-refractivity contribution in [3.8, 4) is 0 Å². The van der Waals surface area contributed by atoms with Crippen molar-refractivity contribution >= 4 is 28.0 Å². The highest BCUT2D eigenvalue weighted by molar-refractivity contribution is 9.10. The fraction of sp³-hybridized carbons (Fsp3) is 0.556. The standard InChI is InChI=1S/C18H24BrNO6/c1-17(2,3)26-16(23)20-7-8-24-12-18(11-20,25-10-15(21)22)13-5-4-6-14(19)9-13/h4-6,9H,7-8,10-12H2,1-3H3,(H,21,22). The van der Waals surface area contributed by atoms with E-state index in [9.17, 15) is 9.59 Å². The van der Waals surface area contributed by atoms with Crippen LogP contribution in [0, 0.1) is 0 Å². The third-order valence-electron chi connectivity index (χ3n) is 3.76. The largest absolute Gasteiger partial charge is 0.480 e. The van der Waals surface area contributed by atoms with Crippen molar-refractivity contribution in [2.45, 2.75) is 32.0 Å². The van der Waals surface area contributed by atoms with Crippen LogP contribution in [0.5, 0.6) is 0 Å². The van der Waals surface area contributed by atoms with E-state index in [0.29, 0.717) is 13.2 Å². The van der Waals surface area contributed by atoms with E-state index in [1.165, 1.54) is 4.90 Å². The van der Waals surface area contributed by atoms with E-state index in [1.54, 1.807) is 20.8 Å². The molecule has 1 atom stereocenters. The molecule has 1 heterocycles. The van der Waals surface area contributed by atoms with Crippen molar-refractivity contribution in [3.63, 3.8) is 0 Å². The molecule has 0 spiro atoms. The van der Waals surface area contributed by atoms with Crippen molar-refractivity contribution in [1.82, 2.24) is 4.90 Å². The van der Waals surface area contributed by atoms with Crippen LogP contribution < -0.4 is 0 Å². The molecule has 1 aromatic carbocycles. The average molecular weight is 430 g/mol. The number of nitrogens with zero attached hydrogens (tertiary/aromatic N) is 1. The van der Waals surface area contributed by atoms with Crippen LogP contribution in [0.2, 0.25) is 0 Å². The van der Waals surface area contributed by atoms with Crippen molar-refractivity contribution in [3.05, 3.63) is 34.3 Å². The number of halogens is 1. The summed E-state index contributed by atoms with van der Waals surface area (Å²) < 4.78 is 17.7. The maximum atomic E-state index is 12.6. The highest BCUT2D eigenvalue weighted by Crippen LogP contribution is 2.32. The van der Waals surface area contributed by atoms with Gasteiger partial charge in [0.2, 0.25) is 0 Å². The first-order chi connectivity index (χ1) is 12.1. The van der Waals surface area contributed by atoms with E-state index < -0.39 is 29.9 Å². The number of amides is 1. The van der Waals surface area contributed by atoms with Crippen molar-refractivity contribution in [2.75, 3.05) is 32.9 Å². The smallest absolute Gasteiger partial charge is 0.410 e. The Hall–Kier alpha value is -1.64. The SMILES string of the molecule is CC(C)(C)OC(=O)N1CCOCC(OCC(=O)O)(c2cccc(Br)c2)C1. The van der Waals surface area contributed by atoms with E-state index >= 15 is 0 Å². The Morgan fingerprint density at radius 3 is 2.73 bits per heavy atom. The minimum atomic E-state index is -1.10. The summed E-state index contributed by atoms with van der Waals surface area (Å²) in [7, 11) is 0. The van der Waals surface area contributed by atoms with Crippen LogP contribution in [-0.2, 0) is 24.6 Å². The fourth-order valence-corrected chi connectivity index (χ4v) is 3.04. The molecule has 1 amide bonds. The number of hydrogen-bond acceptors (Lipinski definition) is 5. The predicted octanol–water partition coefficient (Wildman–Crippen LogP) is 3.01. The molecule has 1 aromatic rings. The van der Waals surface area contributed by atoms with Crippen LogP contribution >= 0.6 is 15.9 Å². The minimum Gasteiger partial charge on any atom is -0.480 e. The number of hydrogen-bond donors (Lipinski definition) is 1. The highest BCUT2D eigenvalue weighted by atomic mass is 79.9. The van der Waals surface area contributed by atoms with Gasteiger partial charge in [0.1, 0.15) is 17.8 Å². The van der Waals surface area contributed by atoms with Gasteiger partial charge in [0, 0.05) is 11.0 Å². The maximum Gasteiger partial charge on any atom is 0.410 e. The summed E-state index contributed by atoms with van der Waals surface area (Å²) in [6, 6.07) is 7.35. The van der Waals surface area contributed by atoms with Gasteiger partial charge >= 0.3 is 12.1 Å². The summed E-state index contributed by atoms with van der Waals surface area (Å²) in [6.45, 7) is 5.79. The molecule has 8 heteroatoms. The Kier molecular flexibility index (Phi) is 6.65. The third-order valence-corrected chi connectivity index (χ3v) is 4.25. The Bertz CT molecular complexity index is 659. The second-order valence-corrected chi connectivity index (χ2v) is 8.06. The fourth-order valence-electron chi connectivity index (χ4n) is 2.64. The van der Waals surface area contributed by atoms with Crippen LogP contribution in [0.3, 0.4) is 0 Å². The third kappa shape index (κ3) is 5.69. The maximum absolute atomic E-state index is 12.6. The van der Waals surface area contributed by atoms with Crippen molar-refractivity contribution < 1.29 is 28.9 Å². The van der Waals surface area contributed by atoms with E-state index in [2.05, 4.69) is 15.9 Å². The molecule has 1 saturated heterocycles. The molecule has 26 heavy (non-hydrogen) atoms. The Balaban J connectivity index is 2.34. The van der Waals surface area contributed by atoms with Crippen LogP contribution in [0.25, 0.3) is 0 Å². The molecule has 2 rings (SSSR count). The molecule has 0 aromatic heterocycles. The molecule has 0 bridgehead atoms. The van der Waals surface area contributed by atoms with Gasteiger partial charge in [-0.15, -0.1) is 0 Å². The quantitative estimate of drug-likeness (QED) is 0.791. The average Bonchev–Trinajstić information content (AvgIpc) is 2.75. The topological polar surface area (TPSA) is 85.3 Å². The molecule has 1 aliphatic heterocycles. The number of carboxylic acid groups (broad SMARTS) is 1. The number of ether oxygens (including phenoxy) is 3. The van der Waals surface area contributed by atoms with E-state index in [1.807, 2.05) is 24.3 Å². The van der Waals surface area contributed by atoms with Crippen molar-refractivity contribution in [2.24, 2.45) is 0 Å². The molecular weight excluding hydrogens is 406 g/mol. The predicted molar refractivity (Wildman–Crippen MR) is 98.0 cm³/mol. The molecule has 1 fully saturated rings. The first-order valence-corrected chi connectivity index (χ1v) is 9.08. The minimum absolute atomic E-state index is 0.131. The summed E-state index contributed by atoms with van der Waals surface area (Å²) in [5.41, 5.74) is -1.01. The molecular formula is C18H24BrNO6. The molecule has 0 radical (unpaired) electrons. The van der Waals surface area contributed by atoms with Gasteiger partial charge in [0.05, 0.1) is 19.8 Å². The first kappa shape index (κ1) is 20.7. The summed E-state index contributed by atoms with van der Waals surface area (Å²) in [5, 5.41) is 9.08. The molecule has 7 nitrogen and oxygen atoms in total. The number of carbonyl (C=O) groups excluding carboxylic acids is 1. The van der Waals surface area contributed by atoms with E-state index in [4.69, 9.17) is 19.3 Å². The summed E-state index contributed by atoms with van der Waals surface area (Å²) in [5.74, 6) is -1.09. The van der Waals surface area contributed by atoms with Gasteiger partial charge < -0.3 is 24.2 Å². The van der Waals surface area contributed by atoms with Gasteiger partial charge in [-0.25, -0.2) is 9.59 Å². The number of benzene rings is 1. The van der Waals surface area contributed by atoms with Crippen LogP contribution in [0.4, 0.5) is 4.79 Å². The van der Waals surface area contributed by atoms with Gasteiger partial charge in [0.15, 0.2) is 0 Å². The van der Waals surface area contributed by atoms with Gasteiger partial charge in [-0.05, 0) is 38.5 Å². The highest BCUT2D eigenvalue weighted by Gasteiger charge is 2.41. The molecule has 0 aliphatic carbocycles. The lowest BCUT2D eigenvalue weighted by molar-refractivity contribution is -0.155. The van der Waals surface area contributed by atoms with E-state index in [-0.39, 0.29) is 13.2 Å². The second-order valence-electron chi connectivity index (χ2n) is 7.14. The zero-order valence-corrected chi connectivity index (χ0v) is 16.7. The van der Waals surface area contributed by atoms with Gasteiger partial charge in [-0.1, -0.05) is 28.1 Å². The number of carboxylic acids is 1. The van der Waals surface area contributed by atoms with Crippen molar-refractivity contribution in [1.29, 1.82) is 0 Å². The van der Waals surface area contributed by atoms with Crippen LogP contribution in [-0.4, -0.2) is 60.6 Å². The lowest BCUT2D eigenvalue weighted by atomic mass is 9.93. The number of rotatable bonds is 4. The monoisotopic (exact) mass is 429 g/mol. The lowest BCUT2D eigenvalue weighted by Gasteiger charge is -2.36.